The zero-order valence-corrected chi connectivity index (χ0v) is 10.8. The molecule has 0 spiro atoms. The van der Waals surface area contributed by atoms with E-state index in [4.69, 9.17) is 0 Å². The summed E-state index contributed by atoms with van der Waals surface area (Å²) >= 11 is 0. The molecule has 0 amide bonds. The molecule has 0 heteroatoms. The maximum absolute atomic E-state index is 3.75. The van der Waals surface area contributed by atoms with Crippen LogP contribution >= 0.6 is 0 Å². The highest BCUT2D eigenvalue weighted by Crippen LogP contribution is 2.35. The van der Waals surface area contributed by atoms with Crippen molar-refractivity contribution in [1.29, 1.82) is 0 Å². The molecule has 2 atom stereocenters. The summed E-state index contributed by atoms with van der Waals surface area (Å²) < 4.78 is 0. The predicted molar refractivity (Wildman–Crippen MR) is 75.9 cm³/mol. The van der Waals surface area contributed by atoms with Crippen LogP contribution in [0.3, 0.4) is 0 Å². The lowest BCUT2D eigenvalue weighted by Crippen LogP contribution is -1.96. The van der Waals surface area contributed by atoms with Crippen LogP contribution in [0.1, 0.15) is 44.9 Å². The van der Waals surface area contributed by atoms with Crippen LogP contribution in [0.5, 0.6) is 0 Å². The van der Waals surface area contributed by atoms with Gasteiger partial charge in [-0.25, -0.2) is 0 Å². The summed E-state index contributed by atoms with van der Waals surface area (Å²) in [5.74, 6) is 1.70. The molecule has 0 heterocycles. The van der Waals surface area contributed by atoms with Gasteiger partial charge in [0.15, 0.2) is 0 Å². The van der Waals surface area contributed by atoms with Crippen molar-refractivity contribution in [2.75, 3.05) is 0 Å². The molecular formula is C17H24. The third-order valence-electron chi connectivity index (χ3n) is 4.05. The van der Waals surface area contributed by atoms with Gasteiger partial charge in [0.05, 0.1) is 0 Å². The molecule has 0 aromatic rings. The van der Waals surface area contributed by atoms with Gasteiger partial charge in [-0.15, -0.1) is 6.58 Å². The molecule has 0 N–H and O–H groups in total. The van der Waals surface area contributed by atoms with E-state index in [1.165, 1.54) is 44.9 Å². The summed E-state index contributed by atoms with van der Waals surface area (Å²) in [6.45, 7) is 3.75. The van der Waals surface area contributed by atoms with E-state index in [0.717, 1.165) is 11.8 Å². The van der Waals surface area contributed by atoms with Crippen molar-refractivity contribution in [3.05, 3.63) is 48.6 Å². The number of rotatable bonds is 1. The van der Waals surface area contributed by atoms with E-state index in [-0.39, 0.29) is 0 Å². The lowest BCUT2D eigenvalue weighted by atomic mass is 9.95. The molecule has 0 nitrogen and oxygen atoms in total. The van der Waals surface area contributed by atoms with Crippen LogP contribution in [-0.4, -0.2) is 0 Å². The molecule has 1 saturated carbocycles. The first kappa shape index (κ1) is 12.4. The van der Waals surface area contributed by atoms with Crippen molar-refractivity contribution in [3.8, 4) is 0 Å². The van der Waals surface area contributed by atoms with Crippen LogP contribution in [0.15, 0.2) is 48.6 Å². The number of hydrogen-bond acceptors (Lipinski definition) is 0. The van der Waals surface area contributed by atoms with Crippen LogP contribution in [0.2, 0.25) is 0 Å². The first-order valence-corrected chi connectivity index (χ1v) is 7.03. The summed E-state index contributed by atoms with van der Waals surface area (Å²) in [6, 6.07) is 0. The molecule has 3 rings (SSSR count). The topological polar surface area (TPSA) is 0 Å². The molecular weight excluding hydrogens is 204 g/mol. The van der Waals surface area contributed by atoms with Crippen LogP contribution < -0.4 is 0 Å². The zero-order chi connectivity index (χ0) is 11.9. The van der Waals surface area contributed by atoms with E-state index >= 15 is 0 Å². The van der Waals surface area contributed by atoms with Gasteiger partial charge in [-0.3, -0.25) is 0 Å². The average Bonchev–Trinajstić information content (AvgIpc) is 2.89. The van der Waals surface area contributed by atoms with Gasteiger partial charge >= 0.3 is 0 Å². The molecule has 0 radical (unpaired) electrons. The Labute approximate surface area is 106 Å². The highest BCUT2D eigenvalue weighted by Gasteiger charge is 2.19. The smallest absolute Gasteiger partial charge is 0.0165 e. The fraction of sp³-hybridized carbons (Fsp3) is 0.529. The summed E-state index contributed by atoms with van der Waals surface area (Å²) in [4.78, 5) is 0. The number of allylic oxidation sites excluding steroid dienone is 7. The van der Waals surface area contributed by atoms with Crippen molar-refractivity contribution in [2.45, 2.75) is 44.9 Å². The fourth-order valence-corrected chi connectivity index (χ4v) is 2.90. The number of hydrogen-bond donors (Lipinski definition) is 0. The van der Waals surface area contributed by atoms with Gasteiger partial charge in [-0.05, 0) is 56.8 Å². The Bertz CT molecular complexity index is 330. The third kappa shape index (κ3) is 3.73. The minimum Gasteiger partial charge on any atom is -0.103 e. The SMILES string of the molecule is C1=CCC2CCCC2=C1.C=CC1CC=CCC1. The standard InChI is InChI=1S/C9H12.C8H12/c1-2-5-9-7-3-6-8(9)4-1;1-2-8-6-4-3-5-7-8/h1-2,4,9H,3,5-7H2;2-4,8H,1,5-7H2. The third-order valence-corrected chi connectivity index (χ3v) is 4.05. The highest BCUT2D eigenvalue weighted by atomic mass is 14.2. The Morgan fingerprint density at radius 1 is 1.12 bits per heavy atom. The summed E-state index contributed by atoms with van der Waals surface area (Å²) in [5.41, 5.74) is 1.71. The van der Waals surface area contributed by atoms with Gasteiger partial charge < -0.3 is 0 Å². The first-order chi connectivity index (χ1) is 8.40. The van der Waals surface area contributed by atoms with E-state index in [9.17, 15) is 0 Å². The van der Waals surface area contributed by atoms with E-state index in [1.807, 2.05) is 0 Å². The molecule has 0 aromatic heterocycles. The first-order valence-electron chi connectivity index (χ1n) is 7.03. The van der Waals surface area contributed by atoms with E-state index in [0.29, 0.717) is 0 Å². The molecule has 17 heavy (non-hydrogen) atoms. The molecule has 0 bridgehead atoms. The van der Waals surface area contributed by atoms with Crippen molar-refractivity contribution in [1.82, 2.24) is 0 Å². The minimum atomic E-state index is 0.764. The molecule has 0 aromatic carbocycles. The molecule has 3 aliphatic rings. The number of fused-ring (bicyclic) bond motifs is 1. The second kappa shape index (κ2) is 6.64. The average molecular weight is 228 g/mol. The zero-order valence-electron chi connectivity index (χ0n) is 10.8. The van der Waals surface area contributed by atoms with Gasteiger partial charge in [0.1, 0.15) is 0 Å². The molecule has 1 fully saturated rings. The van der Waals surface area contributed by atoms with Crippen molar-refractivity contribution in [2.24, 2.45) is 11.8 Å². The Balaban J connectivity index is 0.000000128. The van der Waals surface area contributed by atoms with Crippen LogP contribution in [0.4, 0.5) is 0 Å². The van der Waals surface area contributed by atoms with Gasteiger partial charge in [0.25, 0.3) is 0 Å². The molecule has 92 valence electrons. The fourth-order valence-electron chi connectivity index (χ4n) is 2.90. The van der Waals surface area contributed by atoms with Crippen LogP contribution in [0.25, 0.3) is 0 Å². The lowest BCUT2D eigenvalue weighted by Gasteiger charge is -2.11. The Morgan fingerprint density at radius 3 is 2.71 bits per heavy atom. The molecule has 2 unspecified atom stereocenters. The highest BCUT2D eigenvalue weighted by molar-refractivity contribution is 5.23. The normalized spacial score (nSPS) is 30.0. The van der Waals surface area contributed by atoms with Crippen molar-refractivity contribution < 1.29 is 0 Å². The molecule has 0 aliphatic heterocycles. The maximum Gasteiger partial charge on any atom is -0.0165 e. The largest absolute Gasteiger partial charge is 0.103 e. The summed E-state index contributed by atoms with van der Waals surface area (Å²) in [7, 11) is 0. The Kier molecular flexibility index (Phi) is 4.85. The van der Waals surface area contributed by atoms with Crippen LogP contribution in [0, 0.1) is 11.8 Å². The molecule has 3 aliphatic carbocycles. The predicted octanol–water partition coefficient (Wildman–Crippen LogP) is 5.20. The minimum absolute atomic E-state index is 0.764. The van der Waals surface area contributed by atoms with Crippen LogP contribution in [-0.2, 0) is 0 Å². The molecule has 0 saturated heterocycles. The van der Waals surface area contributed by atoms with Gasteiger partial charge in [0.2, 0.25) is 0 Å². The van der Waals surface area contributed by atoms with E-state index in [2.05, 4.69) is 43.0 Å². The lowest BCUT2D eigenvalue weighted by molar-refractivity contribution is 0.585. The second-order valence-corrected chi connectivity index (χ2v) is 5.27. The van der Waals surface area contributed by atoms with Gasteiger partial charge in [-0.1, -0.05) is 42.0 Å². The Hall–Kier alpha value is -1.04. The van der Waals surface area contributed by atoms with Crippen molar-refractivity contribution >= 4 is 0 Å². The summed E-state index contributed by atoms with van der Waals surface area (Å²) in [5, 5.41) is 0. The van der Waals surface area contributed by atoms with Gasteiger partial charge in [0, 0.05) is 0 Å². The monoisotopic (exact) mass is 228 g/mol. The van der Waals surface area contributed by atoms with E-state index in [1.54, 1.807) is 5.57 Å². The quantitative estimate of drug-likeness (QED) is 0.541. The van der Waals surface area contributed by atoms with E-state index < -0.39 is 0 Å². The second-order valence-electron chi connectivity index (χ2n) is 5.27. The van der Waals surface area contributed by atoms with Crippen molar-refractivity contribution in [3.63, 3.8) is 0 Å². The summed E-state index contributed by atoms with van der Waals surface area (Å²) in [6.07, 6.45) is 22.7. The van der Waals surface area contributed by atoms with Gasteiger partial charge in [-0.2, -0.15) is 0 Å². The Morgan fingerprint density at radius 2 is 2.06 bits per heavy atom. The maximum atomic E-state index is 3.75.